The second-order valence-electron chi connectivity index (χ2n) is 7.38. The first-order valence-electron chi connectivity index (χ1n) is 8.43. The summed E-state index contributed by atoms with van der Waals surface area (Å²) in [4.78, 5) is 26.0. The van der Waals surface area contributed by atoms with E-state index >= 15 is 0 Å². The van der Waals surface area contributed by atoms with Crippen molar-refractivity contribution < 1.29 is 9.59 Å². The molecule has 26 heavy (non-hydrogen) atoms. The molecule has 0 bridgehead atoms. The van der Waals surface area contributed by atoms with Gasteiger partial charge in [0, 0.05) is 4.47 Å². The summed E-state index contributed by atoms with van der Waals surface area (Å²) in [5.74, 6) is -0.308. The maximum Gasteiger partial charge on any atom is 0.329 e. The van der Waals surface area contributed by atoms with Crippen molar-refractivity contribution in [3.63, 3.8) is 0 Å². The Hall–Kier alpha value is -2.40. The molecule has 1 heterocycles. The molecule has 4 nitrogen and oxygen atoms in total. The molecule has 1 aliphatic heterocycles. The van der Waals surface area contributed by atoms with Gasteiger partial charge in [0.25, 0.3) is 5.91 Å². The molecule has 134 valence electrons. The second kappa shape index (κ2) is 7.08. The third-order valence-corrected chi connectivity index (χ3v) is 4.83. The molecule has 0 unspecified atom stereocenters. The highest BCUT2D eigenvalue weighted by molar-refractivity contribution is 9.10. The Morgan fingerprint density at radius 2 is 1.62 bits per heavy atom. The number of halogens is 1. The topological polar surface area (TPSA) is 49.4 Å². The SMILES string of the molecule is CC(C)(C)c1ccc(C=C2NC(=O)N(Cc3ccc(Br)cc3)C2=O)cc1. The number of imide groups is 1. The zero-order valence-corrected chi connectivity index (χ0v) is 16.6. The Morgan fingerprint density at radius 3 is 2.19 bits per heavy atom. The fourth-order valence-corrected chi connectivity index (χ4v) is 3.00. The monoisotopic (exact) mass is 412 g/mol. The van der Waals surface area contributed by atoms with Crippen LogP contribution in [0.25, 0.3) is 6.08 Å². The molecule has 0 aliphatic carbocycles. The van der Waals surface area contributed by atoms with E-state index in [-0.39, 0.29) is 17.9 Å². The van der Waals surface area contributed by atoms with Gasteiger partial charge in [-0.15, -0.1) is 0 Å². The average Bonchev–Trinajstić information content (AvgIpc) is 2.84. The van der Waals surface area contributed by atoms with E-state index in [1.165, 1.54) is 10.5 Å². The van der Waals surface area contributed by atoms with E-state index in [1.54, 1.807) is 6.08 Å². The van der Waals surface area contributed by atoms with Gasteiger partial charge in [0.1, 0.15) is 5.70 Å². The predicted octanol–water partition coefficient (Wildman–Crippen LogP) is 4.84. The van der Waals surface area contributed by atoms with E-state index in [0.29, 0.717) is 5.70 Å². The molecule has 2 aromatic carbocycles. The molecule has 3 amide bonds. The van der Waals surface area contributed by atoms with Gasteiger partial charge in [0.15, 0.2) is 0 Å². The molecule has 1 fully saturated rings. The summed E-state index contributed by atoms with van der Waals surface area (Å²) in [5, 5.41) is 2.67. The third kappa shape index (κ3) is 4.05. The maximum absolute atomic E-state index is 12.6. The molecule has 1 saturated heterocycles. The smallest absolute Gasteiger partial charge is 0.303 e. The summed E-state index contributed by atoms with van der Waals surface area (Å²) < 4.78 is 0.956. The lowest BCUT2D eigenvalue weighted by molar-refractivity contribution is -0.123. The number of hydrogen-bond donors (Lipinski definition) is 1. The molecule has 1 aliphatic rings. The normalized spacial score (nSPS) is 16.3. The minimum atomic E-state index is -0.393. The lowest BCUT2D eigenvalue weighted by Crippen LogP contribution is -2.30. The highest BCUT2D eigenvalue weighted by Gasteiger charge is 2.33. The van der Waals surface area contributed by atoms with Crippen LogP contribution in [-0.4, -0.2) is 16.8 Å². The largest absolute Gasteiger partial charge is 0.329 e. The van der Waals surface area contributed by atoms with E-state index in [4.69, 9.17) is 0 Å². The standard InChI is InChI=1S/C21H21BrN2O2/c1-21(2,3)16-8-4-14(5-9-16)12-18-19(25)24(20(26)23-18)13-15-6-10-17(22)11-7-15/h4-12H,13H2,1-3H3,(H,23,26). The molecular formula is C21H21BrN2O2. The number of carbonyl (C=O) groups is 2. The predicted molar refractivity (Wildman–Crippen MR) is 106 cm³/mol. The maximum atomic E-state index is 12.6. The van der Waals surface area contributed by atoms with Crippen molar-refractivity contribution >= 4 is 33.9 Å². The summed E-state index contributed by atoms with van der Waals surface area (Å²) in [6.45, 7) is 6.71. The first-order chi connectivity index (χ1) is 12.2. The summed E-state index contributed by atoms with van der Waals surface area (Å²) in [7, 11) is 0. The molecule has 0 radical (unpaired) electrons. The quantitative estimate of drug-likeness (QED) is 0.578. The van der Waals surface area contributed by atoms with Crippen LogP contribution in [0, 0.1) is 0 Å². The number of benzene rings is 2. The average molecular weight is 413 g/mol. The van der Waals surface area contributed by atoms with Gasteiger partial charge in [0.05, 0.1) is 6.54 Å². The number of amides is 3. The molecular weight excluding hydrogens is 392 g/mol. The summed E-state index contributed by atoms with van der Waals surface area (Å²) in [6, 6.07) is 15.2. The third-order valence-electron chi connectivity index (χ3n) is 4.30. The summed E-state index contributed by atoms with van der Waals surface area (Å²) in [5.41, 5.74) is 3.37. The van der Waals surface area contributed by atoms with Gasteiger partial charge < -0.3 is 5.32 Å². The number of nitrogens with one attached hydrogen (secondary N) is 1. The second-order valence-corrected chi connectivity index (χ2v) is 8.29. The van der Waals surface area contributed by atoms with Crippen LogP contribution >= 0.6 is 15.9 Å². The molecule has 0 saturated carbocycles. The van der Waals surface area contributed by atoms with Gasteiger partial charge in [0.2, 0.25) is 0 Å². The number of nitrogens with zero attached hydrogens (tertiary/aromatic N) is 1. The number of rotatable bonds is 3. The van der Waals surface area contributed by atoms with Crippen molar-refractivity contribution in [1.29, 1.82) is 0 Å². The lowest BCUT2D eigenvalue weighted by Gasteiger charge is -2.18. The highest BCUT2D eigenvalue weighted by Crippen LogP contribution is 2.23. The fourth-order valence-electron chi connectivity index (χ4n) is 2.73. The molecule has 0 atom stereocenters. The van der Waals surface area contributed by atoms with Crippen LogP contribution in [0.3, 0.4) is 0 Å². The van der Waals surface area contributed by atoms with E-state index in [0.717, 1.165) is 15.6 Å². The zero-order chi connectivity index (χ0) is 18.9. The van der Waals surface area contributed by atoms with Crippen LogP contribution in [0.4, 0.5) is 4.79 Å². The minimum Gasteiger partial charge on any atom is -0.303 e. The summed E-state index contributed by atoms with van der Waals surface area (Å²) in [6.07, 6.45) is 1.72. The molecule has 0 spiro atoms. The Bertz CT molecular complexity index is 862. The summed E-state index contributed by atoms with van der Waals surface area (Å²) >= 11 is 3.38. The van der Waals surface area contributed by atoms with Crippen molar-refractivity contribution in [1.82, 2.24) is 10.2 Å². The van der Waals surface area contributed by atoms with Gasteiger partial charge in [-0.1, -0.05) is 73.1 Å². The van der Waals surface area contributed by atoms with E-state index < -0.39 is 6.03 Å². The molecule has 3 rings (SSSR count). The van der Waals surface area contributed by atoms with E-state index in [1.807, 2.05) is 48.5 Å². The number of hydrogen-bond acceptors (Lipinski definition) is 2. The van der Waals surface area contributed by atoms with Gasteiger partial charge in [-0.05, 0) is 40.3 Å². The minimum absolute atomic E-state index is 0.0740. The van der Waals surface area contributed by atoms with E-state index in [9.17, 15) is 9.59 Å². The number of urea groups is 1. The van der Waals surface area contributed by atoms with Crippen molar-refractivity contribution in [2.75, 3.05) is 0 Å². The van der Waals surface area contributed by atoms with Crippen LogP contribution in [0.15, 0.2) is 58.7 Å². The molecule has 1 N–H and O–H groups in total. The molecule has 2 aromatic rings. The van der Waals surface area contributed by atoms with Crippen molar-refractivity contribution in [2.24, 2.45) is 0 Å². The highest BCUT2D eigenvalue weighted by atomic mass is 79.9. The van der Waals surface area contributed by atoms with Crippen LogP contribution in [0.5, 0.6) is 0 Å². The lowest BCUT2D eigenvalue weighted by atomic mass is 9.87. The van der Waals surface area contributed by atoms with Gasteiger partial charge >= 0.3 is 6.03 Å². The first kappa shape index (κ1) is 18.4. The van der Waals surface area contributed by atoms with Crippen LogP contribution in [-0.2, 0) is 16.8 Å². The van der Waals surface area contributed by atoms with Crippen molar-refractivity contribution in [3.8, 4) is 0 Å². The van der Waals surface area contributed by atoms with Gasteiger partial charge in [-0.3, -0.25) is 9.69 Å². The van der Waals surface area contributed by atoms with E-state index in [2.05, 4.69) is 42.0 Å². The molecule has 5 heteroatoms. The van der Waals surface area contributed by atoms with Crippen LogP contribution < -0.4 is 5.32 Å². The van der Waals surface area contributed by atoms with Crippen molar-refractivity contribution in [3.05, 3.63) is 75.4 Å². The van der Waals surface area contributed by atoms with Gasteiger partial charge in [-0.2, -0.15) is 0 Å². The first-order valence-corrected chi connectivity index (χ1v) is 9.23. The van der Waals surface area contributed by atoms with Gasteiger partial charge in [-0.25, -0.2) is 4.79 Å². The zero-order valence-electron chi connectivity index (χ0n) is 15.0. The van der Waals surface area contributed by atoms with Crippen LogP contribution in [0.2, 0.25) is 0 Å². The Labute approximate surface area is 162 Å². The Kier molecular flexibility index (Phi) is 5.01. The molecule has 0 aromatic heterocycles. The Balaban J connectivity index is 1.77. The fraction of sp³-hybridized carbons (Fsp3) is 0.238. The Morgan fingerprint density at radius 1 is 1.00 bits per heavy atom. The van der Waals surface area contributed by atoms with Crippen molar-refractivity contribution in [2.45, 2.75) is 32.7 Å². The number of carbonyl (C=O) groups excluding carboxylic acids is 2. The van der Waals surface area contributed by atoms with Crippen LogP contribution in [0.1, 0.15) is 37.5 Å².